The number of fused-ring (bicyclic) bond motifs is 5. The molecule has 4 aliphatic heterocycles. The van der Waals surface area contributed by atoms with Crippen molar-refractivity contribution in [1.29, 1.82) is 0 Å². The maximum atomic E-state index is 13.6. The van der Waals surface area contributed by atoms with Crippen molar-refractivity contribution in [3.05, 3.63) is 121 Å². The Hall–Kier alpha value is -5.57. The number of esters is 2. The number of ether oxygens (including phenoxy) is 2. The zero-order valence-electron chi connectivity index (χ0n) is 40.1. The minimum absolute atomic E-state index is 0.0979. The molecule has 9 nitrogen and oxygen atoms in total. The van der Waals surface area contributed by atoms with Crippen LogP contribution in [0.1, 0.15) is 137 Å². The van der Waals surface area contributed by atoms with Crippen molar-refractivity contribution >= 4 is 47.3 Å². The van der Waals surface area contributed by atoms with Gasteiger partial charge in [0.15, 0.2) is 0 Å². The molecule has 0 radical (unpaired) electrons. The number of aliphatic imine (C=N–C) groups is 3. The van der Waals surface area contributed by atoms with E-state index in [1.807, 2.05) is 58.1 Å². The Labute approximate surface area is 381 Å². The molecule has 8 bridgehead atoms. The summed E-state index contributed by atoms with van der Waals surface area (Å²) in [7, 11) is 1.31. The van der Waals surface area contributed by atoms with Crippen LogP contribution in [0.3, 0.4) is 0 Å². The normalized spacial score (nSPS) is 19.2. The van der Waals surface area contributed by atoms with Crippen LogP contribution in [-0.4, -0.2) is 52.9 Å². The lowest BCUT2D eigenvalue weighted by molar-refractivity contribution is -0.144. The molecule has 9 heteroatoms. The molecule has 1 aliphatic carbocycles. The third-order valence-corrected chi connectivity index (χ3v) is 13.7. The fourth-order valence-corrected chi connectivity index (χ4v) is 9.58. The number of hydrogen-bond donors (Lipinski definition) is 2. The zero-order valence-corrected chi connectivity index (χ0v) is 40.1. The average molecular weight is 867 g/mol. The van der Waals surface area contributed by atoms with Crippen LogP contribution in [-0.2, 0) is 19.1 Å². The molecule has 1 aromatic rings. The molecule has 3 unspecified atom stereocenters. The van der Waals surface area contributed by atoms with Crippen LogP contribution in [0.5, 0.6) is 0 Å². The molecule has 340 valence electrons. The zero-order chi connectivity index (χ0) is 46.4. The molecule has 3 atom stereocenters. The molecule has 0 aromatic carbocycles. The first-order chi connectivity index (χ1) is 30.6. The lowest BCUT2D eigenvalue weighted by Gasteiger charge is -2.15. The van der Waals surface area contributed by atoms with Crippen LogP contribution in [0.2, 0.25) is 0 Å². The summed E-state index contributed by atoms with van der Waals surface area (Å²) in [6, 6.07) is 0. The van der Waals surface area contributed by atoms with Crippen molar-refractivity contribution < 1.29 is 24.2 Å². The number of carbonyl (C=O) groups is 2. The van der Waals surface area contributed by atoms with Gasteiger partial charge in [-0.1, -0.05) is 104 Å². The third-order valence-electron chi connectivity index (χ3n) is 13.7. The van der Waals surface area contributed by atoms with E-state index in [4.69, 9.17) is 24.5 Å². The quantitative estimate of drug-likeness (QED) is 0.0997. The molecular formula is C55H70N4O5. The molecule has 0 spiro atoms. The van der Waals surface area contributed by atoms with Crippen molar-refractivity contribution in [2.24, 2.45) is 38.6 Å². The van der Waals surface area contributed by atoms with Gasteiger partial charge < -0.3 is 19.6 Å². The highest BCUT2D eigenvalue weighted by atomic mass is 16.5. The van der Waals surface area contributed by atoms with Crippen molar-refractivity contribution in [2.75, 3.05) is 13.7 Å². The summed E-state index contributed by atoms with van der Waals surface area (Å²) in [4.78, 5) is 45.9. The first-order valence-corrected chi connectivity index (χ1v) is 23.4. The van der Waals surface area contributed by atoms with E-state index in [0.717, 1.165) is 74.5 Å². The van der Waals surface area contributed by atoms with Gasteiger partial charge in [0.1, 0.15) is 18.3 Å². The first-order valence-electron chi connectivity index (χ1n) is 23.4. The van der Waals surface area contributed by atoms with Crippen molar-refractivity contribution in [3.63, 3.8) is 0 Å². The molecular weight excluding hydrogens is 797 g/mol. The van der Waals surface area contributed by atoms with Crippen molar-refractivity contribution in [3.8, 4) is 0 Å². The van der Waals surface area contributed by atoms with Crippen LogP contribution in [0, 0.1) is 30.6 Å². The second-order valence-corrected chi connectivity index (χ2v) is 18.9. The van der Waals surface area contributed by atoms with Gasteiger partial charge in [-0.25, -0.2) is 15.0 Å². The lowest BCUT2D eigenvalue weighted by Crippen LogP contribution is -2.21. The monoisotopic (exact) mass is 867 g/mol. The van der Waals surface area contributed by atoms with Crippen LogP contribution < -0.4 is 10.7 Å². The van der Waals surface area contributed by atoms with Crippen LogP contribution in [0.25, 0.3) is 18.2 Å². The number of methoxy groups -OCH3 is 1. The summed E-state index contributed by atoms with van der Waals surface area (Å²) in [6.07, 6.45) is 23.2. The van der Waals surface area contributed by atoms with Gasteiger partial charge in [0, 0.05) is 39.4 Å². The number of hydrogen-bond acceptors (Lipinski definition) is 8. The summed E-state index contributed by atoms with van der Waals surface area (Å²) in [5.41, 5.74) is 11.9. The van der Waals surface area contributed by atoms with Crippen LogP contribution in [0.15, 0.2) is 114 Å². The van der Waals surface area contributed by atoms with Crippen LogP contribution >= 0.6 is 0 Å². The van der Waals surface area contributed by atoms with Crippen molar-refractivity contribution in [1.82, 2.24) is 4.98 Å². The molecule has 6 rings (SSSR count). The van der Waals surface area contributed by atoms with Gasteiger partial charge in [-0.2, -0.15) is 0 Å². The number of nitrogens with zero attached hydrogens (tertiary/aromatic N) is 3. The number of carbonyl (C=O) groups excluding carboxylic acids is 2. The number of rotatable bonds is 20. The summed E-state index contributed by atoms with van der Waals surface area (Å²) >= 11 is 0. The van der Waals surface area contributed by atoms with Gasteiger partial charge in [-0.3, -0.25) is 9.59 Å². The third kappa shape index (κ3) is 10.3. The van der Waals surface area contributed by atoms with E-state index < -0.39 is 11.9 Å². The maximum absolute atomic E-state index is 13.6. The number of aliphatic hydroxyl groups excluding tert-OH is 1. The Morgan fingerprint density at radius 1 is 0.828 bits per heavy atom. The molecule has 64 heavy (non-hydrogen) atoms. The molecule has 0 saturated carbocycles. The molecule has 0 saturated heterocycles. The van der Waals surface area contributed by atoms with E-state index in [9.17, 15) is 14.7 Å². The number of aliphatic hydroxyl groups is 1. The summed E-state index contributed by atoms with van der Waals surface area (Å²) in [5, 5.41) is 13.6. The van der Waals surface area contributed by atoms with Gasteiger partial charge in [-0.15, -0.1) is 0 Å². The Balaban J connectivity index is 1.22. The minimum atomic E-state index is -1.15. The fourth-order valence-electron chi connectivity index (χ4n) is 9.58. The molecule has 0 fully saturated rings. The highest BCUT2D eigenvalue weighted by molar-refractivity contribution is 6.27. The smallest absolute Gasteiger partial charge is 0.321 e. The fraction of sp³-hybridized carbons (Fsp3) is 0.473. The number of H-pyrrole nitrogens is 1. The highest BCUT2D eigenvalue weighted by Gasteiger charge is 2.47. The number of allylic oxidation sites excluding steroid dienone is 8. The van der Waals surface area contributed by atoms with E-state index in [-0.39, 0.29) is 24.8 Å². The Kier molecular flexibility index (Phi) is 15.7. The molecule has 1 aromatic heterocycles. The Morgan fingerprint density at radius 2 is 1.48 bits per heavy atom. The van der Waals surface area contributed by atoms with E-state index >= 15 is 0 Å². The van der Waals surface area contributed by atoms with Crippen molar-refractivity contribution in [2.45, 2.75) is 133 Å². The highest BCUT2D eigenvalue weighted by Crippen LogP contribution is 2.48. The molecule has 0 amide bonds. The van der Waals surface area contributed by atoms with Gasteiger partial charge in [0.25, 0.3) is 0 Å². The van der Waals surface area contributed by atoms with Gasteiger partial charge >= 0.3 is 11.9 Å². The number of aromatic nitrogens is 1. The standard InChI is InChI=1S/C55H70N4O5/c1-13-39-35(8)42-28-44-37(10)41(24-25-48(60)64-27-26-34(7)23-17-22-33(6)21-16-20-32(5)19-15-18-31(3)4)52(58-44)50-51(55(62)63-12)54(61)49-38(11)45(59-53(49)50)30-47-40(14-2)36(9)43(57-47)29-46(39)56-42/h13-14,26,28-33,51,56,61H,1-2,15-25,27H2,3-12H3/b34-26+,42-28?,46-29?,47-30?,52-50?. The largest absolute Gasteiger partial charge is 0.510 e. The van der Waals surface area contributed by atoms with E-state index in [2.05, 4.69) is 52.8 Å². The Bertz CT molecular complexity index is 2550. The van der Waals surface area contributed by atoms with Gasteiger partial charge in [0.2, 0.25) is 0 Å². The lowest BCUT2D eigenvalue weighted by atomic mass is 9.91. The number of aromatic amines is 1. The first kappa shape index (κ1) is 47.9. The SMILES string of the molecule is C=CC1=C(C)C2=NC1=CC1=C(C)C3=C(O)C(C(=O)OC)C(=C4N=C(C=c5[nH]c(c(C=C)c5C)=C2)C(C)=C4CCC(=O)OC/C=C(\C)CCCC(C)CCCC(C)CCCC(C)C)C3=N1. The summed E-state index contributed by atoms with van der Waals surface area (Å²) in [5.74, 6) is 0.0776. The predicted molar refractivity (Wildman–Crippen MR) is 263 cm³/mol. The predicted octanol–water partition coefficient (Wildman–Crippen LogP) is 11.5. The van der Waals surface area contributed by atoms with Gasteiger partial charge in [0.05, 0.1) is 41.3 Å². The molecule has 2 N–H and O–H groups in total. The maximum Gasteiger partial charge on any atom is 0.321 e. The second-order valence-electron chi connectivity index (χ2n) is 18.9. The summed E-state index contributed by atoms with van der Waals surface area (Å²) in [6.45, 7) is 27.8. The van der Waals surface area contributed by atoms with E-state index in [1.165, 1.54) is 57.6 Å². The van der Waals surface area contributed by atoms with Crippen LogP contribution in [0.4, 0.5) is 0 Å². The Morgan fingerprint density at radius 3 is 2.14 bits per heavy atom. The van der Waals surface area contributed by atoms with Gasteiger partial charge in [-0.05, 0) is 124 Å². The number of nitrogens with one attached hydrogen (secondary N) is 1. The molecule has 5 aliphatic rings. The summed E-state index contributed by atoms with van der Waals surface area (Å²) < 4.78 is 11.1. The minimum Gasteiger partial charge on any atom is -0.510 e. The second kappa shape index (κ2) is 21.0. The van der Waals surface area contributed by atoms with E-state index in [1.54, 1.807) is 6.08 Å². The topological polar surface area (TPSA) is 126 Å². The van der Waals surface area contributed by atoms with E-state index in [0.29, 0.717) is 57.6 Å². The average Bonchev–Trinajstić information content (AvgIpc) is 3.99. The molecule has 5 heterocycles.